The minimum absolute atomic E-state index is 0.210. The predicted octanol–water partition coefficient (Wildman–Crippen LogP) is 3.69. The Morgan fingerprint density at radius 3 is 2.50 bits per heavy atom. The van der Waals surface area contributed by atoms with Crippen LogP contribution < -0.4 is 5.32 Å². The third-order valence-electron chi connectivity index (χ3n) is 4.59. The molecule has 0 aliphatic heterocycles. The SMILES string of the molecule is Cc1c(C#N)c(NC(=O)COC(=O)c2c(F)cccc2F)n(Cc2ccco2)c1C. The largest absolute Gasteiger partial charge is 0.467 e. The third kappa shape index (κ3) is 4.07. The van der Waals surface area contributed by atoms with Gasteiger partial charge >= 0.3 is 5.97 Å². The molecule has 0 unspecified atom stereocenters. The fourth-order valence-corrected chi connectivity index (χ4v) is 2.95. The van der Waals surface area contributed by atoms with Crippen LogP contribution >= 0.6 is 0 Å². The molecule has 0 aliphatic rings. The summed E-state index contributed by atoms with van der Waals surface area (Å²) in [5.74, 6) is -3.44. The van der Waals surface area contributed by atoms with Crippen molar-refractivity contribution < 1.29 is 27.5 Å². The Bertz CT molecular complexity index is 1120. The second-order valence-electron chi connectivity index (χ2n) is 6.43. The second-order valence-corrected chi connectivity index (χ2v) is 6.43. The third-order valence-corrected chi connectivity index (χ3v) is 4.59. The lowest BCUT2D eigenvalue weighted by atomic mass is 10.2. The van der Waals surface area contributed by atoms with Crippen molar-refractivity contribution in [2.24, 2.45) is 0 Å². The van der Waals surface area contributed by atoms with Gasteiger partial charge in [-0.25, -0.2) is 13.6 Å². The fraction of sp³-hybridized carbons (Fsp3) is 0.190. The van der Waals surface area contributed by atoms with Crippen LogP contribution in [0.25, 0.3) is 0 Å². The van der Waals surface area contributed by atoms with Crippen molar-refractivity contribution in [2.45, 2.75) is 20.4 Å². The van der Waals surface area contributed by atoms with Crippen LogP contribution in [0.3, 0.4) is 0 Å². The number of ether oxygens (including phenoxy) is 1. The molecule has 0 saturated carbocycles. The van der Waals surface area contributed by atoms with Gasteiger partial charge in [-0.2, -0.15) is 5.26 Å². The minimum atomic E-state index is -1.31. The van der Waals surface area contributed by atoms with Gasteiger partial charge in [-0.1, -0.05) is 6.07 Å². The molecular formula is C21H17F2N3O4. The van der Waals surface area contributed by atoms with Gasteiger partial charge in [0.15, 0.2) is 6.61 Å². The van der Waals surface area contributed by atoms with Gasteiger partial charge < -0.3 is 19.0 Å². The van der Waals surface area contributed by atoms with Crippen LogP contribution in [0.2, 0.25) is 0 Å². The average Bonchev–Trinajstić information content (AvgIpc) is 3.29. The zero-order chi connectivity index (χ0) is 21.8. The Kier molecular flexibility index (Phi) is 5.97. The van der Waals surface area contributed by atoms with Crippen LogP contribution in [0.1, 0.15) is 32.9 Å². The summed E-state index contributed by atoms with van der Waals surface area (Å²) < 4.78 is 39.1. The number of halogens is 2. The van der Waals surface area contributed by atoms with Gasteiger partial charge in [-0.15, -0.1) is 0 Å². The lowest BCUT2D eigenvalue weighted by molar-refractivity contribution is -0.119. The number of anilines is 1. The number of nitrogens with one attached hydrogen (secondary N) is 1. The molecule has 154 valence electrons. The smallest absolute Gasteiger partial charge is 0.344 e. The van der Waals surface area contributed by atoms with Crippen molar-refractivity contribution >= 4 is 17.7 Å². The van der Waals surface area contributed by atoms with Crippen molar-refractivity contribution in [1.82, 2.24) is 4.57 Å². The molecule has 0 radical (unpaired) electrons. The van der Waals surface area contributed by atoms with Gasteiger partial charge in [-0.05, 0) is 43.7 Å². The summed E-state index contributed by atoms with van der Waals surface area (Å²) in [5.41, 5.74) is 0.781. The van der Waals surface area contributed by atoms with Crippen LogP contribution in [0, 0.1) is 36.8 Å². The van der Waals surface area contributed by atoms with Gasteiger partial charge in [0, 0.05) is 5.69 Å². The molecule has 30 heavy (non-hydrogen) atoms. The first kappa shape index (κ1) is 20.8. The lowest BCUT2D eigenvalue weighted by Crippen LogP contribution is -2.24. The van der Waals surface area contributed by atoms with E-state index in [2.05, 4.69) is 5.32 Å². The number of hydrogen-bond donors (Lipinski definition) is 1. The summed E-state index contributed by atoms with van der Waals surface area (Å²) in [6.07, 6.45) is 1.51. The first-order valence-corrected chi connectivity index (χ1v) is 8.86. The molecular weight excluding hydrogens is 396 g/mol. The van der Waals surface area contributed by atoms with Crippen LogP contribution in [0.5, 0.6) is 0 Å². The molecule has 3 rings (SSSR count). The summed E-state index contributed by atoms with van der Waals surface area (Å²) in [5, 5.41) is 12.0. The summed E-state index contributed by atoms with van der Waals surface area (Å²) in [4.78, 5) is 24.3. The Hall–Kier alpha value is -3.93. The van der Waals surface area contributed by atoms with E-state index in [0.29, 0.717) is 11.3 Å². The number of nitrogens with zero attached hydrogens (tertiary/aromatic N) is 2. The zero-order valence-corrected chi connectivity index (χ0v) is 16.2. The Morgan fingerprint density at radius 1 is 1.20 bits per heavy atom. The average molecular weight is 413 g/mol. The number of benzene rings is 1. The molecule has 7 nitrogen and oxygen atoms in total. The molecule has 2 aromatic heterocycles. The summed E-state index contributed by atoms with van der Waals surface area (Å²) in [7, 11) is 0. The molecule has 1 aromatic carbocycles. The highest BCUT2D eigenvalue weighted by Gasteiger charge is 2.23. The maximum Gasteiger partial charge on any atom is 0.344 e. The molecule has 0 bridgehead atoms. The normalized spacial score (nSPS) is 10.5. The van der Waals surface area contributed by atoms with Crippen molar-refractivity contribution in [3.05, 3.63) is 76.4 Å². The fourth-order valence-electron chi connectivity index (χ4n) is 2.95. The van der Waals surface area contributed by atoms with E-state index in [1.165, 1.54) is 6.26 Å². The second kappa shape index (κ2) is 8.61. The highest BCUT2D eigenvalue weighted by Crippen LogP contribution is 2.27. The van der Waals surface area contributed by atoms with E-state index in [1.54, 1.807) is 30.5 Å². The van der Waals surface area contributed by atoms with E-state index < -0.39 is 35.7 Å². The molecule has 9 heteroatoms. The van der Waals surface area contributed by atoms with E-state index in [9.17, 15) is 23.6 Å². The van der Waals surface area contributed by atoms with Crippen LogP contribution in [-0.4, -0.2) is 23.1 Å². The van der Waals surface area contributed by atoms with E-state index in [1.807, 2.05) is 6.07 Å². The molecule has 0 saturated heterocycles. The highest BCUT2D eigenvalue weighted by molar-refractivity contribution is 5.96. The number of carbonyl (C=O) groups excluding carboxylic acids is 2. The summed E-state index contributed by atoms with van der Waals surface area (Å²) in [6, 6.07) is 8.43. The van der Waals surface area contributed by atoms with E-state index in [4.69, 9.17) is 9.15 Å². The number of rotatable bonds is 6. The van der Waals surface area contributed by atoms with Gasteiger partial charge in [0.1, 0.15) is 34.8 Å². The number of hydrogen-bond acceptors (Lipinski definition) is 5. The van der Waals surface area contributed by atoms with E-state index in [-0.39, 0.29) is 17.9 Å². The quantitative estimate of drug-likeness (QED) is 0.622. The van der Waals surface area contributed by atoms with Crippen molar-refractivity contribution in [3.8, 4) is 6.07 Å². The topological polar surface area (TPSA) is 97.3 Å². The Morgan fingerprint density at radius 2 is 1.90 bits per heavy atom. The Balaban J connectivity index is 1.77. The molecule has 0 aliphatic carbocycles. The number of furan rings is 1. The minimum Gasteiger partial charge on any atom is -0.467 e. The van der Waals surface area contributed by atoms with Gasteiger partial charge in [-0.3, -0.25) is 4.79 Å². The summed E-state index contributed by atoms with van der Waals surface area (Å²) >= 11 is 0. The molecule has 2 heterocycles. The number of esters is 1. The molecule has 1 N–H and O–H groups in total. The lowest BCUT2D eigenvalue weighted by Gasteiger charge is -2.12. The number of amides is 1. The molecule has 0 atom stereocenters. The van der Waals surface area contributed by atoms with E-state index >= 15 is 0 Å². The van der Waals surface area contributed by atoms with Crippen LogP contribution in [0.15, 0.2) is 41.0 Å². The highest BCUT2D eigenvalue weighted by atomic mass is 19.1. The van der Waals surface area contributed by atoms with Crippen molar-refractivity contribution in [1.29, 1.82) is 5.26 Å². The van der Waals surface area contributed by atoms with Crippen molar-refractivity contribution in [2.75, 3.05) is 11.9 Å². The van der Waals surface area contributed by atoms with Crippen LogP contribution in [-0.2, 0) is 16.1 Å². The monoisotopic (exact) mass is 413 g/mol. The summed E-state index contributed by atoms with van der Waals surface area (Å²) in [6.45, 7) is 3.00. The number of nitriles is 1. The number of aromatic nitrogens is 1. The standard InChI is InChI=1S/C21H17F2N3O4/c1-12-13(2)26(10-14-5-4-8-29-14)20(15(12)9-24)25-18(27)11-30-21(28)19-16(22)6-3-7-17(19)23/h3-8H,10-11H2,1-2H3,(H,25,27). The van der Waals surface area contributed by atoms with Gasteiger partial charge in [0.25, 0.3) is 5.91 Å². The van der Waals surface area contributed by atoms with Gasteiger partial charge in [0.05, 0.1) is 18.4 Å². The molecule has 1 amide bonds. The Labute approximate surface area is 170 Å². The molecule has 0 spiro atoms. The van der Waals surface area contributed by atoms with Crippen LogP contribution in [0.4, 0.5) is 14.6 Å². The zero-order valence-electron chi connectivity index (χ0n) is 16.2. The maximum absolute atomic E-state index is 13.7. The molecule has 0 fully saturated rings. The predicted molar refractivity (Wildman–Crippen MR) is 102 cm³/mol. The first-order valence-electron chi connectivity index (χ1n) is 8.86. The van der Waals surface area contributed by atoms with E-state index in [0.717, 1.165) is 23.9 Å². The maximum atomic E-state index is 13.7. The first-order chi connectivity index (χ1) is 14.3. The van der Waals surface area contributed by atoms with Gasteiger partial charge in [0.2, 0.25) is 0 Å². The number of carbonyl (C=O) groups is 2. The molecule has 3 aromatic rings. The van der Waals surface area contributed by atoms with Crippen molar-refractivity contribution in [3.63, 3.8) is 0 Å².